The van der Waals surface area contributed by atoms with Gasteiger partial charge >= 0.3 is 0 Å². The van der Waals surface area contributed by atoms with E-state index in [4.69, 9.17) is 10.7 Å². The summed E-state index contributed by atoms with van der Waals surface area (Å²) in [5.74, 6) is 0.938. The summed E-state index contributed by atoms with van der Waals surface area (Å²) < 4.78 is 28.0. The molecule has 2 aromatic heterocycles. The number of sulfonamides is 1. The van der Waals surface area contributed by atoms with Gasteiger partial charge in [-0.05, 0) is 86.6 Å². The normalized spacial score (nSPS) is 18.0. The van der Waals surface area contributed by atoms with Gasteiger partial charge in [-0.3, -0.25) is 4.72 Å². The lowest BCUT2D eigenvalue weighted by Crippen LogP contribution is -2.33. The second-order valence-corrected chi connectivity index (χ2v) is 11.3. The predicted molar refractivity (Wildman–Crippen MR) is 148 cm³/mol. The van der Waals surface area contributed by atoms with Crippen LogP contribution in [-0.2, 0) is 16.4 Å². The van der Waals surface area contributed by atoms with E-state index in [9.17, 15) is 8.42 Å². The van der Waals surface area contributed by atoms with Crippen molar-refractivity contribution in [1.29, 1.82) is 0 Å². The molecular weight excluding hydrogens is 484 g/mol. The Hall–Kier alpha value is -3.56. The Balaban J connectivity index is 1.41. The summed E-state index contributed by atoms with van der Waals surface area (Å²) >= 11 is 0. The molecule has 1 fully saturated rings. The van der Waals surface area contributed by atoms with E-state index in [2.05, 4.69) is 39.1 Å². The largest absolute Gasteiger partial charge is 0.351 e. The van der Waals surface area contributed by atoms with Crippen molar-refractivity contribution in [2.24, 2.45) is 5.73 Å². The van der Waals surface area contributed by atoms with Crippen molar-refractivity contribution < 1.29 is 8.42 Å². The number of aryl methyl sites for hydroxylation is 2. The maximum Gasteiger partial charge on any atom is 0.263 e. The topological polar surface area (TPSA) is 123 Å². The second kappa shape index (κ2) is 10.4. The minimum absolute atomic E-state index is 0.196. The van der Waals surface area contributed by atoms with Gasteiger partial charge in [-0.1, -0.05) is 25.1 Å². The molecule has 2 aromatic carbocycles. The van der Waals surface area contributed by atoms with E-state index in [1.807, 2.05) is 19.2 Å². The van der Waals surface area contributed by atoms with Crippen LogP contribution in [0.2, 0.25) is 0 Å². The third-order valence-corrected chi connectivity index (χ3v) is 8.31. The van der Waals surface area contributed by atoms with E-state index < -0.39 is 10.0 Å². The number of anilines is 2. The van der Waals surface area contributed by atoms with Crippen LogP contribution in [0.1, 0.15) is 43.9 Å². The SMILES string of the molecule is CCc1cc(-c2ccc(NS(=O)(=O)c3ccccc3)nc2C)cc2cnc(NC3CCC(N)CC3)nc12. The molecule has 8 nitrogen and oxygen atoms in total. The van der Waals surface area contributed by atoms with E-state index >= 15 is 0 Å². The second-order valence-electron chi connectivity index (χ2n) is 9.62. The number of fused-ring (bicyclic) bond motifs is 1. The Bertz CT molecular complexity index is 1520. The summed E-state index contributed by atoms with van der Waals surface area (Å²) in [7, 11) is -3.71. The van der Waals surface area contributed by atoms with Crippen LogP contribution in [-0.4, -0.2) is 35.5 Å². The van der Waals surface area contributed by atoms with Crippen LogP contribution in [0.3, 0.4) is 0 Å². The van der Waals surface area contributed by atoms with Gasteiger partial charge in [0.25, 0.3) is 10.0 Å². The highest BCUT2D eigenvalue weighted by atomic mass is 32.2. The Morgan fingerprint density at radius 2 is 1.76 bits per heavy atom. The van der Waals surface area contributed by atoms with E-state index in [1.165, 1.54) is 0 Å². The van der Waals surface area contributed by atoms with Gasteiger partial charge in [0.15, 0.2) is 0 Å². The zero-order chi connectivity index (χ0) is 26.0. The fraction of sp³-hybridized carbons (Fsp3) is 0.321. The monoisotopic (exact) mass is 516 g/mol. The lowest BCUT2D eigenvalue weighted by Gasteiger charge is -2.26. The first-order valence-corrected chi connectivity index (χ1v) is 14.2. The Morgan fingerprint density at radius 1 is 1.00 bits per heavy atom. The quantitative estimate of drug-likeness (QED) is 0.314. The van der Waals surface area contributed by atoms with Gasteiger partial charge in [0.05, 0.1) is 10.4 Å². The minimum atomic E-state index is -3.71. The number of pyridine rings is 1. The van der Waals surface area contributed by atoms with Crippen LogP contribution in [0.25, 0.3) is 22.0 Å². The highest BCUT2D eigenvalue weighted by Gasteiger charge is 2.20. The molecule has 37 heavy (non-hydrogen) atoms. The lowest BCUT2D eigenvalue weighted by atomic mass is 9.92. The molecule has 192 valence electrons. The molecule has 0 radical (unpaired) electrons. The Morgan fingerprint density at radius 3 is 2.46 bits per heavy atom. The van der Waals surface area contributed by atoms with Gasteiger partial charge < -0.3 is 11.1 Å². The Kier molecular flexibility index (Phi) is 7.08. The van der Waals surface area contributed by atoms with Gasteiger partial charge in [0, 0.05) is 34.9 Å². The van der Waals surface area contributed by atoms with Crippen molar-refractivity contribution in [3.63, 3.8) is 0 Å². The Labute approximate surface area is 217 Å². The summed E-state index contributed by atoms with van der Waals surface area (Å²) in [5, 5.41) is 4.45. The summed E-state index contributed by atoms with van der Waals surface area (Å²) in [4.78, 5) is 14.2. The molecular formula is C28H32N6O2S. The molecule has 0 atom stereocenters. The molecule has 5 rings (SSSR count). The highest BCUT2D eigenvalue weighted by molar-refractivity contribution is 7.92. The fourth-order valence-electron chi connectivity index (χ4n) is 4.88. The van der Waals surface area contributed by atoms with E-state index in [0.29, 0.717) is 18.0 Å². The third kappa shape index (κ3) is 5.57. The standard InChI is InChI=1S/C28H32N6O2S/c1-3-19-15-20(16-21-17-30-28(33-27(19)21)32-23-11-9-22(29)10-12-23)25-13-14-26(31-18(25)2)34-37(35,36)24-7-5-4-6-8-24/h4-8,13-17,22-23H,3,9-12,29H2,1-2H3,(H,31,34)(H,30,32,33). The molecule has 0 amide bonds. The van der Waals surface area contributed by atoms with Crippen LogP contribution >= 0.6 is 0 Å². The number of nitrogens with zero attached hydrogens (tertiary/aromatic N) is 3. The molecule has 2 heterocycles. The number of benzene rings is 2. The highest BCUT2D eigenvalue weighted by Crippen LogP contribution is 2.30. The molecule has 0 aliphatic heterocycles. The molecule has 1 aliphatic carbocycles. The molecule has 4 N–H and O–H groups in total. The van der Waals surface area contributed by atoms with E-state index in [0.717, 1.165) is 65.4 Å². The maximum atomic E-state index is 12.7. The van der Waals surface area contributed by atoms with Crippen molar-refractivity contribution in [2.75, 3.05) is 10.0 Å². The van der Waals surface area contributed by atoms with Crippen LogP contribution < -0.4 is 15.8 Å². The minimum Gasteiger partial charge on any atom is -0.351 e. The van der Waals surface area contributed by atoms with Gasteiger partial charge in [-0.2, -0.15) is 0 Å². The molecule has 4 aromatic rings. The summed E-state index contributed by atoms with van der Waals surface area (Å²) in [5.41, 5.74) is 10.8. The molecule has 1 saturated carbocycles. The third-order valence-electron chi connectivity index (χ3n) is 6.94. The number of rotatable bonds is 7. The van der Waals surface area contributed by atoms with Crippen molar-refractivity contribution in [3.8, 4) is 11.1 Å². The molecule has 1 aliphatic rings. The summed E-state index contributed by atoms with van der Waals surface area (Å²) in [6.45, 7) is 3.99. The number of hydrogen-bond acceptors (Lipinski definition) is 7. The molecule has 0 unspecified atom stereocenters. The van der Waals surface area contributed by atoms with Crippen LogP contribution in [0, 0.1) is 6.92 Å². The fourth-order valence-corrected chi connectivity index (χ4v) is 5.90. The average Bonchev–Trinajstić information content (AvgIpc) is 2.90. The number of aromatic nitrogens is 3. The van der Waals surface area contributed by atoms with E-state index in [-0.39, 0.29) is 10.7 Å². The van der Waals surface area contributed by atoms with Gasteiger partial charge in [-0.15, -0.1) is 0 Å². The molecule has 0 saturated heterocycles. The summed E-state index contributed by atoms with van der Waals surface area (Å²) in [6, 6.07) is 16.7. The first-order chi connectivity index (χ1) is 17.8. The van der Waals surface area contributed by atoms with Crippen LogP contribution in [0.4, 0.5) is 11.8 Å². The van der Waals surface area contributed by atoms with E-state index in [1.54, 1.807) is 36.4 Å². The van der Waals surface area contributed by atoms with Crippen molar-refractivity contribution in [2.45, 2.75) is 62.9 Å². The maximum absolute atomic E-state index is 12.7. The van der Waals surface area contributed by atoms with Crippen LogP contribution in [0.15, 0.2) is 65.7 Å². The molecule has 9 heteroatoms. The number of hydrogen-bond donors (Lipinski definition) is 3. The lowest BCUT2D eigenvalue weighted by molar-refractivity contribution is 0.410. The summed E-state index contributed by atoms with van der Waals surface area (Å²) in [6.07, 6.45) is 6.80. The first kappa shape index (κ1) is 25.1. The smallest absolute Gasteiger partial charge is 0.263 e. The zero-order valence-corrected chi connectivity index (χ0v) is 21.9. The van der Waals surface area contributed by atoms with Crippen molar-refractivity contribution in [3.05, 3.63) is 72.1 Å². The van der Waals surface area contributed by atoms with Gasteiger partial charge in [-0.25, -0.2) is 23.4 Å². The van der Waals surface area contributed by atoms with Crippen molar-refractivity contribution >= 4 is 32.7 Å². The predicted octanol–water partition coefficient (Wildman–Crippen LogP) is 5.05. The average molecular weight is 517 g/mol. The number of nitrogens with one attached hydrogen (secondary N) is 2. The molecule has 0 spiro atoms. The molecule has 0 bridgehead atoms. The van der Waals surface area contributed by atoms with Crippen molar-refractivity contribution in [1.82, 2.24) is 15.0 Å². The van der Waals surface area contributed by atoms with Gasteiger partial charge in [0.1, 0.15) is 5.82 Å². The van der Waals surface area contributed by atoms with Crippen LogP contribution in [0.5, 0.6) is 0 Å². The number of nitrogens with two attached hydrogens (primary N) is 1. The first-order valence-electron chi connectivity index (χ1n) is 12.7. The zero-order valence-electron chi connectivity index (χ0n) is 21.1. The van der Waals surface area contributed by atoms with Gasteiger partial charge in [0.2, 0.25) is 5.95 Å².